The molecule has 0 atom stereocenters. The molecular formula is C10H10O4S. The number of hydrogen-bond donors (Lipinski definition) is 1. The number of phenols is 1. The maximum atomic E-state index is 11.9. The molecule has 1 aromatic carbocycles. The highest BCUT2D eigenvalue weighted by molar-refractivity contribution is 7.95. The first-order valence-corrected chi connectivity index (χ1v) is 5.81. The lowest BCUT2D eigenvalue weighted by Crippen LogP contribution is -2.05. The minimum absolute atomic E-state index is 0.0533. The fourth-order valence-corrected chi connectivity index (χ4v) is 3.06. The van der Waals surface area contributed by atoms with Gasteiger partial charge in [-0.3, -0.25) is 0 Å². The average molecular weight is 226 g/mol. The summed E-state index contributed by atoms with van der Waals surface area (Å²) < 4.78 is 28.5. The smallest absolute Gasteiger partial charge is 0.205 e. The summed E-state index contributed by atoms with van der Waals surface area (Å²) in [6, 6.07) is 4.19. The quantitative estimate of drug-likeness (QED) is 0.822. The van der Waals surface area contributed by atoms with Gasteiger partial charge in [-0.2, -0.15) is 0 Å². The summed E-state index contributed by atoms with van der Waals surface area (Å²) in [5.74, 6) is 0.0545. The van der Waals surface area contributed by atoms with Gasteiger partial charge in [-0.15, -0.1) is 0 Å². The Bertz CT molecular complexity index is 528. The number of aromatic hydroxyl groups is 1. The number of hydrogen-bond acceptors (Lipinski definition) is 4. The van der Waals surface area contributed by atoms with Crippen molar-refractivity contribution in [2.75, 3.05) is 13.7 Å². The van der Waals surface area contributed by atoms with Crippen LogP contribution >= 0.6 is 0 Å². The van der Waals surface area contributed by atoms with E-state index in [2.05, 4.69) is 0 Å². The van der Waals surface area contributed by atoms with Crippen LogP contribution in [0.1, 0.15) is 5.56 Å². The number of sulfone groups is 1. The SMILES string of the molecule is COCC1=Cc2cc(O)ccc2S1(=O)=O. The Balaban J connectivity index is 2.58. The fraction of sp³-hybridized carbons (Fsp3) is 0.200. The van der Waals surface area contributed by atoms with Gasteiger partial charge in [-0.1, -0.05) is 0 Å². The predicted molar refractivity (Wildman–Crippen MR) is 55.1 cm³/mol. The minimum atomic E-state index is -3.40. The third-order valence-electron chi connectivity index (χ3n) is 2.23. The summed E-state index contributed by atoms with van der Waals surface area (Å²) in [5.41, 5.74) is 0.516. The van der Waals surface area contributed by atoms with Crippen molar-refractivity contribution < 1.29 is 18.3 Å². The summed E-state index contributed by atoms with van der Waals surface area (Å²) in [4.78, 5) is 0.456. The van der Waals surface area contributed by atoms with Crippen LogP contribution in [0.4, 0.5) is 0 Å². The van der Waals surface area contributed by atoms with Crippen LogP contribution in [0, 0.1) is 0 Å². The largest absolute Gasteiger partial charge is 0.508 e. The Kier molecular flexibility index (Phi) is 2.28. The van der Waals surface area contributed by atoms with Crippen molar-refractivity contribution in [3.05, 3.63) is 28.7 Å². The van der Waals surface area contributed by atoms with Gasteiger partial charge in [0.15, 0.2) is 0 Å². The van der Waals surface area contributed by atoms with Crippen LogP contribution in [-0.2, 0) is 14.6 Å². The van der Waals surface area contributed by atoms with E-state index in [-0.39, 0.29) is 22.2 Å². The monoisotopic (exact) mass is 226 g/mol. The number of methoxy groups -OCH3 is 1. The van der Waals surface area contributed by atoms with Gasteiger partial charge in [0.1, 0.15) is 5.75 Å². The van der Waals surface area contributed by atoms with E-state index in [9.17, 15) is 13.5 Å². The first-order chi connectivity index (χ1) is 7.05. The third kappa shape index (κ3) is 1.53. The highest BCUT2D eigenvalue weighted by atomic mass is 32.2. The van der Waals surface area contributed by atoms with Gasteiger partial charge >= 0.3 is 0 Å². The summed E-state index contributed by atoms with van der Waals surface area (Å²) in [6.45, 7) is 0.0533. The second kappa shape index (κ2) is 3.36. The standard InChI is InChI=1S/C10H10O4S/c1-14-6-9-5-7-4-8(11)2-3-10(7)15(9,12)13/h2-5,11H,6H2,1H3. The Morgan fingerprint density at radius 3 is 2.80 bits per heavy atom. The predicted octanol–water partition coefficient (Wildman–Crippen LogP) is 1.17. The van der Waals surface area contributed by atoms with Gasteiger partial charge in [0.25, 0.3) is 0 Å². The summed E-state index contributed by atoms with van der Waals surface area (Å²) in [7, 11) is -1.96. The average Bonchev–Trinajstić information content (AvgIpc) is 2.39. The molecule has 0 saturated carbocycles. The van der Waals surface area contributed by atoms with Crippen LogP contribution in [0.25, 0.3) is 6.08 Å². The molecule has 0 fully saturated rings. The number of ether oxygens (including phenoxy) is 1. The van der Waals surface area contributed by atoms with E-state index < -0.39 is 9.84 Å². The van der Waals surface area contributed by atoms with Crippen molar-refractivity contribution in [2.45, 2.75) is 4.90 Å². The van der Waals surface area contributed by atoms with Crippen LogP contribution in [0.3, 0.4) is 0 Å². The lowest BCUT2D eigenvalue weighted by Gasteiger charge is -2.02. The number of phenolic OH excluding ortho intramolecular Hbond substituents is 1. The van der Waals surface area contributed by atoms with Crippen LogP contribution < -0.4 is 0 Å². The molecule has 1 N–H and O–H groups in total. The summed E-state index contributed by atoms with van der Waals surface area (Å²) >= 11 is 0. The molecule has 0 spiro atoms. The van der Waals surface area contributed by atoms with Gasteiger partial charge in [0, 0.05) is 7.11 Å². The second-order valence-electron chi connectivity index (χ2n) is 3.27. The number of rotatable bonds is 2. The van der Waals surface area contributed by atoms with E-state index in [4.69, 9.17) is 4.74 Å². The number of benzene rings is 1. The molecule has 4 nitrogen and oxygen atoms in total. The molecule has 1 aliphatic rings. The minimum Gasteiger partial charge on any atom is -0.508 e. The molecule has 1 aliphatic heterocycles. The molecule has 0 bridgehead atoms. The van der Waals surface area contributed by atoms with E-state index in [1.807, 2.05) is 0 Å². The van der Waals surface area contributed by atoms with E-state index in [0.717, 1.165) is 0 Å². The molecule has 15 heavy (non-hydrogen) atoms. The third-order valence-corrected chi connectivity index (χ3v) is 4.11. The number of fused-ring (bicyclic) bond motifs is 1. The van der Waals surface area contributed by atoms with Gasteiger partial charge in [0.05, 0.1) is 16.4 Å². The summed E-state index contributed by atoms with van der Waals surface area (Å²) in [6.07, 6.45) is 1.52. The maximum absolute atomic E-state index is 11.9. The maximum Gasteiger partial charge on any atom is 0.205 e. The van der Waals surface area contributed by atoms with Crippen LogP contribution in [0.2, 0.25) is 0 Å². The van der Waals surface area contributed by atoms with Crippen molar-refractivity contribution in [3.63, 3.8) is 0 Å². The lowest BCUT2D eigenvalue weighted by atomic mass is 10.2. The van der Waals surface area contributed by atoms with Gasteiger partial charge < -0.3 is 9.84 Å². The van der Waals surface area contributed by atoms with Gasteiger partial charge in [-0.05, 0) is 29.8 Å². The van der Waals surface area contributed by atoms with Gasteiger partial charge in [-0.25, -0.2) is 8.42 Å². The van der Waals surface area contributed by atoms with E-state index in [1.54, 1.807) is 0 Å². The van der Waals surface area contributed by atoms with Crippen molar-refractivity contribution >= 4 is 15.9 Å². The Morgan fingerprint density at radius 2 is 2.13 bits per heavy atom. The highest BCUT2D eigenvalue weighted by Gasteiger charge is 2.29. The molecule has 1 aromatic rings. The van der Waals surface area contributed by atoms with Crippen LogP contribution in [0.5, 0.6) is 5.75 Å². The van der Waals surface area contributed by atoms with E-state index >= 15 is 0 Å². The van der Waals surface area contributed by atoms with Crippen LogP contribution in [0.15, 0.2) is 28.0 Å². The molecule has 2 rings (SSSR count). The van der Waals surface area contributed by atoms with Crippen molar-refractivity contribution in [3.8, 4) is 5.75 Å². The highest BCUT2D eigenvalue weighted by Crippen LogP contribution is 2.34. The normalized spacial score (nSPS) is 17.3. The molecule has 0 unspecified atom stereocenters. The first-order valence-electron chi connectivity index (χ1n) is 4.33. The lowest BCUT2D eigenvalue weighted by molar-refractivity contribution is 0.231. The molecule has 0 aliphatic carbocycles. The van der Waals surface area contributed by atoms with Crippen LogP contribution in [-0.4, -0.2) is 27.2 Å². The molecule has 1 heterocycles. The molecule has 0 radical (unpaired) electrons. The zero-order chi connectivity index (χ0) is 11.1. The zero-order valence-corrected chi connectivity index (χ0v) is 8.91. The van der Waals surface area contributed by atoms with Crippen molar-refractivity contribution in [2.24, 2.45) is 0 Å². The summed E-state index contributed by atoms with van der Waals surface area (Å²) in [5, 5.41) is 9.23. The molecule has 80 valence electrons. The Hall–Kier alpha value is -1.33. The first kappa shape index (κ1) is 10.2. The molecule has 0 saturated heterocycles. The van der Waals surface area contributed by atoms with E-state index in [0.29, 0.717) is 5.56 Å². The fourth-order valence-electron chi connectivity index (χ4n) is 1.55. The zero-order valence-electron chi connectivity index (χ0n) is 8.10. The van der Waals surface area contributed by atoms with Crippen molar-refractivity contribution in [1.29, 1.82) is 0 Å². The molecule has 0 aromatic heterocycles. The van der Waals surface area contributed by atoms with Gasteiger partial charge in [0.2, 0.25) is 9.84 Å². The molecule has 5 heteroatoms. The Morgan fingerprint density at radius 1 is 1.40 bits per heavy atom. The molecule has 0 amide bonds. The van der Waals surface area contributed by atoms with E-state index in [1.165, 1.54) is 31.4 Å². The van der Waals surface area contributed by atoms with Crippen molar-refractivity contribution in [1.82, 2.24) is 0 Å². The Labute approximate surface area is 87.7 Å². The molecular weight excluding hydrogens is 216 g/mol. The second-order valence-corrected chi connectivity index (χ2v) is 5.24. The topological polar surface area (TPSA) is 63.6 Å².